The van der Waals surface area contributed by atoms with Gasteiger partial charge in [-0.3, -0.25) is 4.79 Å². The highest BCUT2D eigenvalue weighted by atomic mass is 79.9. The average molecular weight is 300 g/mol. The van der Waals surface area contributed by atoms with Crippen molar-refractivity contribution in [2.45, 2.75) is 0 Å². The summed E-state index contributed by atoms with van der Waals surface area (Å²) in [6.07, 6.45) is 1.19. The fourth-order valence-electron chi connectivity index (χ4n) is 1.12. The number of ether oxygens (including phenoxy) is 1. The molecule has 0 atom stereocenters. The summed E-state index contributed by atoms with van der Waals surface area (Å²) < 4.78 is 18.5. The van der Waals surface area contributed by atoms with Gasteiger partial charge < -0.3 is 15.5 Å². The Morgan fingerprint density at radius 2 is 2.24 bits per heavy atom. The zero-order valence-corrected chi connectivity index (χ0v) is 9.99. The predicted molar refractivity (Wildman–Crippen MR) is 63.4 cm³/mol. The van der Waals surface area contributed by atoms with Crippen LogP contribution in [0, 0.1) is 5.82 Å². The van der Waals surface area contributed by atoms with E-state index in [0.717, 1.165) is 6.07 Å². The number of hydrogen-bond acceptors (Lipinski definition) is 4. The van der Waals surface area contributed by atoms with Crippen molar-refractivity contribution in [2.24, 2.45) is 0 Å². The number of nitrogens with one attached hydrogen (secondary N) is 1. The van der Waals surface area contributed by atoms with Gasteiger partial charge in [0.25, 0.3) is 5.56 Å². The van der Waals surface area contributed by atoms with E-state index in [1.165, 1.54) is 18.5 Å². The number of halogens is 2. The Balaban J connectivity index is 2.35. The van der Waals surface area contributed by atoms with Gasteiger partial charge in [0.15, 0.2) is 0 Å². The first-order valence-corrected chi connectivity index (χ1v) is 5.33. The molecule has 0 saturated heterocycles. The second-order valence-electron chi connectivity index (χ2n) is 3.14. The van der Waals surface area contributed by atoms with Gasteiger partial charge in [-0.1, -0.05) is 0 Å². The van der Waals surface area contributed by atoms with Crippen molar-refractivity contribution in [1.29, 1.82) is 0 Å². The third-order valence-electron chi connectivity index (χ3n) is 1.95. The molecule has 0 radical (unpaired) electrons. The second-order valence-corrected chi connectivity index (χ2v) is 3.93. The van der Waals surface area contributed by atoms with Crippen LogP contribution in [0.5, 0.6) is 11.6 Å². The number of benzene rings is 1. The minimum atomic E-state index is -0.594. The van der Waals surface area contributed by atoms with Gasteiger partial charge in [0.1, 0.15) is 16.0 Å². The molecule has 2 rings (SSSR count). The number of H-pyrrole nitrogens is 1. The summed E-state index contributed by atoms with van der Waals surface area (Å²) in [5, 5.41) is 0. The summed E-state index contributed by atoms with van der Waals surface area (Å²) in [5.41, 5.74) is 4.97. The first kappa shape index (κ1) is 11.6. The molecule has 0 saturated carbocycles. The Hall–Kier alpha value is -1.89. The van der Waals surface area contributed by atoms with Crippen molar-refractivity contribution in [2.75, 3.05) is 5.73 Å². The summed E-state index contributed by atoms with van der Waals surface area (Å²) >= 11 is 3.02. The molecule has 0 amide bonds. The molecule has 1 aromatic carbocycles. The van der Waals surface area contributed by atoms with Crippen LogP contribution in [-0.4, -0.2) is 9.97 Å². The Bertz CT molecular complexity index is 615. The monoisotopic (exact) mass is 299 g/mol. The van der Waals surface area contributed by atoms with Crippen LogP contribution >= 0.6 is 15.9 Å². The first-order chi connectivity index (χ1) is 8.08. The number of nitrogen functional groups attached to an aromatic ring is 1. The maximum absolute atomic E-state index is 13.2. The molecule has 1 aromatic heterocycles. The Morgan fingerprint density at radius 3 is 2.94 bits per heavy atom. The predicted octanol–water partition coefficient (Wildman–Crippen LogP) is 2.05. The minimum absolute atomic E-state index is 0.0234. The van der Waals surface area contributed by atoms with Gasteiger partial charge >= 0.3 is 0 Å². The van der Waals surface area contributed by atoms with Crippen LogP contribution in [0.2, 0.25) is 0 Å². The molecule has 1 heterocycles. The molecule has 0 aliphatic carbocycles. The van der Waals surface area contributed by atoms with Gasteiger partial charge in [-0.2, -0.15) is 0 Å². The molecule has 0 spiro atoms. The summed E-state index contributed by atoms with van der Waals surface area (Å²) in [6, 6.07) is 3.96. The summed E-state index contributed by atoms with van der Waals surface area (Å²) in [6.45, 7) is 0. The highest BCUT2D eigenvalue weighted by Gasteiger charge is 2.09. The molecule has 0 aliphatic heterocycles. The summed E-state index contributed by atoms with van der Waals surface area (Å²) in [4.78, 5) is 17.4. The minimum Gasteiger partial charge on any atom is -0.437 e. The summed E-state index contributed by atoms with van der Waals surface area (Å²) in [5.74, 6) is -0.336. The number of nitrogens with two attached hydrogens (primary N) is 1. The lowest BCUT2D eigenvalue weighted by atomic mass is 10.3. The Labute approximate surface area is 104 Å². The molecular formula is C10H7BrFN3O2. The zero-order chi connectivity index (χ0) is 12.4. The van der Waals surface area contributed by atoms with E-state index in [0.29, 0.717) is 0 Å². The fourth-order valence-corrected chi connectivity index (χ4v) is 1.42. The molecule has 0 bridgehead atoms. The van der Waals surface area contributed by atoms with Crippen LogP contribution in [0.1, 0.15) is 0 Å². The van der Waals surface area contributed by atoms with E-state index >= 15 is 0 Å². The van der Waals surface area contributed by atoms with Crippen molar-refractivity contribution in [1.82, 2.24) is 9.97 Å². The van der Waals surface area contributed by atoms with Gasteiger partial charge in [-0.15, -0.1) is 0 Å². The van der Waals surface area contributed by atoms with Crippen LogP contribution < -0.4 is 16.0 Å². The highest BCUT2D eigenvalue weighted by molar-refractivity contribution is 9.10. The lowest BCUT2D eigenvalue weighted by Crippen LogP contribution is -2.08. The van der Waals surface area contributed by atoms with Crippen molar-refractivity contribution in [3.63, 3.8) is 0 Å². The molecule has 7 heteroatoms. The smallest absolute Gasteiger partial charge is 0.268 e. The largest absolute Gasteiger partial charge is 0.437 e. The molecule has 88 valence electrons. The quantitative estimate of drug-likeness (QED) is 0.832. The van der Waals surface area contributed by atoms with E-state index in [1.807, 2.05) is 0 Å². The van der Waals surface area contributed by atoms with Gasteiger partial charge in [0.2, 0.25) is 5.88 Å². The van der Waals surface area contributed by atoms with Crippen LogP contribution in [0.3, 0.4) is 0 Å². The number of aromatic nitrogens is 2. The van der Waals surface area contributed by atoms with E-state index in [-0.39, 0.29) is 27.3 Å². The van der Waals surface area contributed by atoms with Crippen molar-refractivity contribution in [3.8, 4) is 11.6 Å². The van der Waals surface area contributed by atoms with Gasteiger partial charge in [-0.05, 0) is 28.1 Å². The van der Waals surface area contributed by atoms with Crippen LogP contribution in [0.15, 0.2) is 33.8 Å². The Morgan fingerprint density at radius 1 is 1.47 bits per heavy atom. The molecule has 17 heavy (non-hydrogen) atoms. The Kier molecular flexibility index (Phi) is 3.10. The van der Waals surface area contributed by atoms with Gasteiger partial charge in [0, 0.05) is 6.07 Å². The number of aromatic amines is 1. The number of anilines is 1. The van der Waals surface area contributed by atoms with E-state index < -0.39 is 5.82 Å². The standard InChI is InChI=1S/C10H7BrFN3O2/c11-8-9(16)14-4-15-10(8)17-5-1-2-7(13)6(12)3-5/h1-4H,13H2,(H,14,15,16). The SMILES string of the molecule is Nc1ccc(Oc2nc[nH]c(=O)c2Br)cc1F. The number of hydrogen-bond donors (Lipinski definition) is 2. The third kappa shape index (κ3) is 2.44. The number of rotatable bonds is 2. The van der Waals surface area contributed by atoms with Crippen molar-refractivity contribution < 1.29 is 9.13 Å². The molecule has 0 fully saturated rings. The molecule has 2 aromatic rings. The molecule has 3 N–H and O–H groups in total. The lowest BCUT2D eigenvalue weighted by molar-refractivity contribution is 0.452. The zero-order valence-electron chi connectivity index (χ0n) is 8.41. The fraction of sp³-hybridized carbons (Fsp3) is 0. The summed E-state index contributed by atoms with van der Waals surface area (Å²) in [7, 11) is 0. The molecular weight excluding hydrogens is 293 g/mol. The van der Waals surface area contributed by atoms with E-state index in [2.05, 4.69) is 25.9 Å². The topological polar surface area (TPSA) is 81.0 Å². The highest BCUT2D eigenvalue weighted by Crippen LogP contribution is 2.26. The van der Waals surface area contributed by atoms with Crippen LogP contribution in [0.25, 0.3) is 0 Å². The van der Waals surface area contributed by atoms with Crippen LogP contribution in [0.4, 0.5) is 10.1 Å². The molecule has 0 unspecified atom stereocenters. The van der Waals surface area contributed by atoms with Gasteiger partial charge in [-0.25, -0.2) is 9.37 Å². The second kappa shape index (κ2) is 4.54. The number of nitrogens with zero attached hydrogens (tertiary/aromatic N) is 1. The van der Waals surface area contributed by atoms with E-state index in [9.17, 15) is 9.18 Å². The normalized spacial score (nSPS) is 10.2. The van der Waals surface area contributed by atoms with Crippen molar-refractivity contribution in [3.05, 3.63) is 45.2 Å². The lowest BCUT2D eigenvalue weighted by Gasteiger charge is -2.06. The van der Waals surface area contributed by atoms with E-state index in [1.54, 1.807) is 0 Å². The first-order valence-electron chi connectivity index (χ1n) is 4.54. The third-order valence-corrected chi connectivity index (χ3v) is 2.65. The van der Waals surface area contributed by atoms with E-state index in [4.69, 9.17) is 10.5 Å². The maximum Gasteiger partial charge on any atom is 0.268 e. The average Bonchev–Trinajstić information content (AvgIpc) is 2.30. The molecule has 5 nitrogen and oxygen atoms in total. The maximum atomic E-state index is 13.2. The van der Waals surface area contributed by atoms with Gasteiger partial charge in [0.05, 0.1) is 12.0 Å². The van der Waals surface area contributed by atoms with Crippen LogP contribution in [-0.2, 0) is 0 Å². The molecule has 0 aliphatic rings. The van der Waals surface area contributed by atoms with Crippen molar-refractivity contribution >= 4 is 21.6 Å².